The molecule has 21 heavy (non-hydrogen) atoms. The first kappa shape index (κ1) is 16.4. The molecule has 3 N–H and O–H groups in total. The maximum Gasteiger partial charge on any atom is 0.263 e. The predicted molar refractivity (Wildman–Crippen MR) is 80.1 cm³/mol. The highest BCUT2D eigenvalue weighted by molar-refractivity contribution is 5.27. The van der Waals surface area contributed by atoms with Crippen LogP contribution in [0.3, 0.4) is 0 Å². The van der Waals surface area contributed by atoms with Gasteiger partial charge in [0.05, 0.1) is 6.10 Å². The van der Waals surface area contributed by atoms with Gasteiger partial charge in [-0.2, -0.15) is 0 Å². The summed E-state index contributed by atoms with van der Waals surface area (Å²) in [6, 6.07) is 6.13. The summed E-state index contributed by atoms with van der Waals surface area (Å²) in [6.07, 6.45) is 1.74. The maximum absolute atomic E-state index is 12.8. The predicted octanol–water partition coefficient (Wildman–Crippen LogP) is 4.20. The number of hydrogen-bond acceptors (Lipinski definition) is 2. The fraction of sp³-hybridized carbons (Fsp3) is 0.647. The van der Waals surface area contributed by atoms with Crippen LogP contribution in [0.4, 0.5) is 8.78 Å². The van der Waals surface area contributed by atoms with Gasteiger partial charge in [0, 0.05) is 17.5 Å². The van der Waals surface area contributed by atoms with E-state index in [9.17, 15) is 13.9 Å². The van der Waals surface area contributed by atoms with Gasteiger partial charge in [-0.25, -0.2) is 8.78 Å². The van der Waals surface area contributed by atoms with E-state index in [0.717, 1.165) is 25.7 Å². The standard InChI is InChI=1S/C17H25F2NO/c1-2-12-5-4-8-17(10-12,11-20)15(21)13-6-3-7-14(9-13)16(18)19/h3,6-7,9,12,15-16,21H,2,4-5,8,10-11,20H2,1H3. The van der Waals surface area contributed by atoms with E-state index in [-0.39, 0.29) is 11.0 Å². The lowest BCUT2D eigenvalue weighted by atomic mass is 9.64. The van der Waals surface area contributed by atoms with Crippen molar-refractivity contribution in [2.45, 2.75) is 51.6 Å². The topological polar surface area (TPSA) is 46.2 Å². The van der Waals surface area contributed by atoms with Gasteiger partial charge in [0.1, 0.15) is 0 Å². The minimum atomic E-state index is -2.51. The molecule has 0 bridgehead atoms. The van der Waals surface area contributed by atoms with Crippen molar-refractivity contribution in [3.8, 4) is 0 Å². The largest absolute Gasteiger partial charge is 0.388 e. The number of halogens is 2. The maximum atomic E-state index is 12.8. The van der Waals surface area contributed by atoms with Gasteiger partial charge >= 0.3 is 0 Å². The Morgan fingerprint density at radius 3 is 2.71 bits per heavy atom. The van der Waals surface area contributed by atoms with Crippen molar-refractivity contribution >= 4 is 0 Å². The highest BCUT2D eigenvalue weighted by Gasteiger charge is 2.41. The van der Waals surface area contributed by atoms with Crippen LogP contribution in [0.5, 0.6) is 0 Å². The Hall–Kier alpha value is -1.00. The molecule has 0 heterocycles. The number of benzene rings is 1. The van der Waals surface area contributed by atoms with Gasteiger partial charge in [-0.3, -0.25) is 0 Å². The van der Waals surface area contributed by atoms with Gasteiger partial charge in [0.2, 0.25) is 0 Å². The van der Waals surface area contributed by atoms with E-state index in [1.165, 1.54) is 18.6 Å². The van der Waals surface area contributed by atoms with E-state index in [1.54, 1.807) is 12.1 Å². The molecule has 3 unspecified atom stereocenters. The van der Waals surface area contributed by atoms with Crippen LogP contribution < -0.4 is 5.73 Å². The lowest BCUT2D eigenvalue weighted by Gasteiger charge is -2.43. The molecular formula is C17H25F2NO. The molecule has 1 saturated carbocycles. The van der Waals surface area contributed by atoms with Gasteiger partial charge in [-0.15, -0.1) is 0 Å². The molecule has 2 nitrogen and oxygen atoms in total. The second-order valence-electron chi connectivity index (χ2n) is 6.31. The smallest absolute Gasteiger partial charge is 0.263 e. The molecule has 0 amide bonds. The van der Waals surface area contributed by atoms with E-state index in [1.807, 2.05) is 0 Å². The minimum Gasteiger partial charge on any atom is -0.388 e. The summed E-state index contributed by atoms with van der Waals surface area (Å²) in [5.41, 5.74) is 6.13. The molecule has 1 aliphatic carbocycles. The van der Waals surface area contributed by atoms with Gasteiger partial charge in [-0.1, -0.05) is 44.4 Å². The first-order chi connectivity index (χ1) is 10.0. The average molecular weight is 297 g/mol. The summed E-state index contributed by atoms with van der Waals surface area (Å²) >= 11 is 0. The van der Waals surface area contributed by atoms with Crippen molar-refractivity contribution in [3.63, 3.8) is 0 Å². The Labute approximate surface area is 125 Å². The molecule has 1 aliphatic rings. The van der Waals surface area contributed by atoms with E-state index >= 15 is 0 Å². The van der Waals surface area contributed by atoms with Crippen molar-refractivity contribution in [2.24, 2.45) is 17.1 Å². The Morgan fingerprint density at radius 1 is 1.38 bits per heavy atom. The lowest BCUT2D eigenvalue weighted by molar-refractivity contribution is -0.0163. The van der Waals surface area contributed by atoms with E-state index < -0.39 is 12.5 Å². The molecule has 1 fully saturated rings. The fourth-order valence-electron chi connectivity index (χ4n) is 3.63. The molecule has 2 rings (SSSR count). The van der Waals surface area contributed by atoms with Crippen LogP contribution in [-0.2, 0) is 0 Å². The summed E-state index contributed by atoms with van der Waals surface area (Å²) in [5, 5.41) is 10.8. The third kappa shape index (κ3) is 3.43. The van der Waals surface area contributed by atoms with Crippen molar-refractivity contribution in [3.05, 3.63) is 35.4 Å². The Kier molecular flexibility index (Phi) is 5.33. The minimum absolute atomic E-state index is 0.0402. The summed E-state index contributed by atoms with van der Waals surface area (Å²) in [6.45, 7) is 2.55. The van der Waals surface area contributed by atoms with Gasteiger partial charge in [-0.05, 0) is 30.4 Å². The zero-order valence-electron chi connectivity index (χ0n) is 12.6. The van der Waals surface area contributed by atoms with Crippen LogP contribution in [-0.4, -0.2) is 11.7 Å². The molecule has 1 aromatic rings. The van der Waals surface area contributed by atoms with Crippen LogP contribution in [0.1, 0.15) is 62.7 Å². The SMILES string of the molecule is CCC1CCCC(CN)(C(O)c2cccc(C(F)F)c2)C1. The van der Waals surface area contributed by atoms with Crippen molar-refractivity contribution in [2.75, 3.05) is 6.54 Å². The number of hydrogen-bond donors (Lipinski definition) is 2. The molecule has 0 spiro atoms. The molecule has 0 saturated heterocycles. The molecule has 0 radical (unpaired) electrons. The zero-order chi connectivity index (χ0) is 15.5. The molecule has 1 aromatic carbocycles. The number of aliphatic hydroxyl groups excluding tert-OH is 1. The van der Waals surface area contributed by atoms with Gasteiger partial charge < -0.3 is 10.8 Å². The Morgan fingerprint density at radius 2 is 2.10 bits per heavy atom. The van der Waals surface area contributed by atoms with Crippen LogP contribution in [0.15, 0.2) is 24.3 Å². The zero-order valence-corrected chi connectivity index (χ0v) is 12.6. The fourth-order valence-corrected chi connectivity index (χ4v) is 3.63. The lowest BCUT2D eigenvalue weighted by Crippen LogP contribution is -2.41. The summed E-state index contributed by atoms with van der Waals surface area (Å²) in [7, 11) is 0. The van der Waals surface area contributed by atoms with Crippen LogP contribution in [0.2, 0.25) is 0 Å². The van der Waals surface area contributed by atoms with E-state index in [2.05, 4.69) is 6.92 Å². The molecule has 0 aliphatic heterocycles. The third-order valence-corrected chi connectivity index (χ3v) is 5.02. The van der Waals surface area contributed by atoms with Crippen LogP contribution in [0, 0.1) is 11.3 Å². The molecular weight excluding hydrogens is 272 g/mol. The highest BCUT2D eigenvalue weighted by atomic mass is 19.3. The Balaban J connectivity index is 2.27. The molecule has 3 atom stereocenters. The van der Waals surface area contributed by atoms with Crippen molar-refractivity contribution < 1.29 is 13.9 Å². The molecule has 0 aromatic heterocycles. The second-order valence-corrected chi connectivity index (χ2v) is 6.31. The normalized spacial score (nSPS) is 27.8. The van der Waals surface area contributed by atoms with E-state index in [0.29, 0.717) is 18.0 Å². The average Bonchev–Trinajstić information content (AvgIpc) is 2.54. The first-order valence-electron chi connectivity index (χ1n) is 7.78. The summed E-state index contributed by atoms with van der Waals surface area (Å²) in [5.74, 6) is 0.565. The summed E-state index contributed by atoms with van der Waals surface area (Å²) < 4.78 is 25.7. The van der Waals surface area contributed by atoms with Gasteiger partial charge in [0.15, 0.2) is 0 Å². The van der Waals surface area contributed by atoms with Crippen LogP contribution >= 0.6 is 0 Å². The Bertz CT molecular complexity index is 466. The van der Waals surface area contributed by atoms with Crippen LogP contribution in [0.25, 0.3) is 0 Å². The number of aliphatic hydroxyl groups is 1. The third-order valence-electron chi connectivity index (χ3n) is 5.02. The number of alkyl halides is 2. The monoisotopic (exact) mass is 297 g/mol. The second kappa shape index (κ2) is 6.84. The number of nitrogens with two attached hydrogens (primary N) is 1. The summed E-state index contributed by atoms with van der Waals surface area (Å²) in [4.78, 5) is 0. The molecule has 4 heteroatoms. The van der Waals surface area contributed by atoms with Crippen molar-refractivity contribution in [1.82, 2.24) is 0 Å². The van der Waals surface area contributed by atoms with Crippen molar-refractivity contribution in [1.29, 1.82) is 0 Å². The highest BCUT2D eigenvalue weighted by Crippen LogP contribution is 2.48. The quantitative estimate of drug-likeness (QED) is 0.855. The number of rotatable bonds is 5. The molecule has 118 valence electrons. The van der Waals surface area contributed by atoms with Gasteiger partial charge in [0.25, 0.3) is 6.43 Å². The van der Waals surface area contributed by atoms with E-state index in [4.69, 9.17) is 5.73 Å². The first-order valence-corrected chi connectivity index (χ1v) is 7.78.